The summed E-state index contributed by atoms with van der Waals surface area (Å²) in [6, 6.07) is 22.4. The van der Waals surface area contributed by atoms with E-state index in [1.807, 2.05) is 69.4 Å². The van der Waals surface area contributed by atoms with Gasteiger partial charge in [0.2, 0.25) is 6.41 Å². The number of hydrogen-bond donors (Lipinski definition) is 0. The van der Waals surface area contributed by atoms with Crippen molar-refractivity contribution in [2.75, 3.05) is 27.2 Å². The van der Waals surface area contributed by atoms with Gasteiger partial charge in [0.15, 0.2) is 5.16 Å². The summed E-state index contributed by atoms with van der Waals surface area (Å²) >= 11 is 7.36. The maximum atomic E-state index is 12.9. The minimum atomic E-state index is -0.256. The van der Waals surface area contributed by atoms with Crippen LogP contribution in [0.25, 0.3) is 11.1 Å². The molecular weight excluding hydrogens is 623 g/mol. The van der Waals surface area contributed by atoms with Crippen molar-refractivity contribution in [3.8, 4) is 11.1 Å². The highest BCUT2D eigenvalue weighted by Gasteiger charge is 2.10. The average Bonchev–Trinajstić information content (AvgIpc) is 3.46. The highest BCUT2D eigenvalue weighted by Crippen LogP contribution is 2.23. The number of thioether (sulfide) groups is 1. The van der Waals surface area contributed by atoms with Gasteiger partial charge in [-0.3, -0.25) is 14.3 Å². The van der Waals surface area contributed by atoms with Gasteiger partial charge in [0.25, 0.3) is 5.56 Å². The lowest BCUT2D eigenvalue weighted by Crippen LogP contribution is -2.30. The van der Waals surface area contributed by atoms with E-state index in [0.29, 0.717) is 29.4 Å². The highest BCUT2D eigenvalue weighted by molar-refractivity contribution is 7.98. The van der Waals surface area contributed by atoms with Crippen LogP contribution in [0, 0.1) is 5.82 Å². The predicted octanol–water partition coefficient (Wildman–Crippen LogP) is 6.06. The normalized spacial score (nSPS) is 10.8. The molecule has 0 saturated carbocycles. The molecule has 46 heavy (non-hydrogen) atoms. The van der Waals surface area contributed by atoms with E-state index in [2.05, 4.69) is 39.2 Å². The quantitative estimate of drug-likeness (QED) is 0.0920. The summed E-state index contributed by atoms with van der Waals surface area (Å²) in [5.41, 5.74) is 5.78. The molecule has 1 amide bonds. The maximum Gasteiger partial charge on any atom is 0.277 e. The fraction of sp³-hybridized carbons (Fsp3) is 0.257. The van der Waals surface area contributed by atoms with Crippen molar-refractivity contribution in [1.82, 2.24) is 29.1 Å². The standard InChI is InChI=1S/C18H21ClN2O.C17H17FN4OS/c1-20(2)11-12-21(14-22)13-15-3-5-16(6-4-15)17-7-9-18(19)10-8-17;1-21-10-14(7-13-8-19-22(2)9-13)16(23)20-17(21)24-11-12-3-5-15(18)6-4-12/h3-10,14H,11-13H2,1-2H3;3-6,8-10H,7,11H2,1-2H3. The second-order valence-corrected chi connectivity index (χ2v) is 12.5. The lowest BCUT2D eigenvalue weighted by molar-refractivity contribution is -0.118. The van der Waals surface area contributed by atoms with Gasteiger partial charge in [-0.25, -0.2) is 4.39 Å². The Bertz CT molecular complexity index is 1760. The molecule has 11 heteroatoms. The monoisotopic (exact) mass is 660 g/mol. The number of likely N-dealkylation sites (N-methyl/N-ethyl adjacent to an activating group) is 1. The Kier molecular flexibility index (Phi) is 12.7. The lowest BCUT2D eigenvalue weighted by Gasteiger charge is -2.20. The first-order chi connectivity index (χ1) is 22.1. The number of hydrogen-bond acceptors (Lipinski definition) is 6. The van der Waals surface area contributed by atoms with Crippen LogP contribution in [0.5, 0.6) is 0 Å². The summed E-state index contributed by atoms with van der Waals surface area (Å²) < 4.78 is 16.5. The van der Waals surface area contributed by atoms with Gasteiger partial charge in [-0.2, -0.15) is 10.1 Å². The molecule has 0 bridgehead atoms. The smallest absolute Gasteiger partial charge is 0.277 e. The Morgan fingerprint density at radius 2 is 1.50 bits per heavy atom. The number of halogens is 2. The second kappa shape index (κ2) is 16.9. The molecule has 0 saturated heterocycles. The fourth-order valence-corrected chi connectivity index (χ4v) is 5.54. The number of carbonyl (C=O) groups excluding carboxylic acids is 1. The van der Waals surface area contributed by atoms with Gasteiger partial charge in [-0.05, 0) is 66.2 Å². The van der Waals surface area contributed by atoms with E-state index in [1.54, 1.807) is 27.9 Å². The summed E-state index contributed by atoms with van der Waals surface area (Å²) in [5, 5.41) is 5.49. The first-order valence-corrected chi connectivity index (χ1v) is 16.1. The summed E-state index contributed by atoms with van der Waals surface area (Å²) in [4.78, 5) is 31.4. The molecule has 0 aliphatic rings. The Morgan fingerprint density at radius 1 is 0.870 bits per heavy atom. The van der Waals surface area contributed by atoms with E-state index in [1.165, 1.54) is 23.9 Å². The third-order valence-corrected chi connectivity index (χ3v) is 8.42. The van der Waals surface area contributed by atoms with Gasteiger partial charge in [0, 0.05) is 68.9 Å². The average molecular weight is 661 g/mol. The minimum absolute atomic E-state index is 0.224. The first kappa shape index (κ1) is 34.6. The highest BCUT2D eigenvalue weighted by atomic mass is 35.5. The molecular formula is C35H38ClFN6O2S. The molecule has 5 aromatic rings. The summed E-state index contributed by atoms with van der Waals surface area (Å²) in [7, 11) is 7.72. The van der Waals surface area contributed by atoms with E-state index in [-0.39, 0.29) is 11.4 Å². The Labute approximate surface area is 278 Å². The third-order valence-electron chi connectivity index (χ3n) is 7.06. The number of amides is 1. The predicted molar refractivity (Wildman–Crippen MR) is 183 cm³/mol. The molecule has 2 heterocycles. The first-order valence-electron chi connectivity index (χ1n) is 14.7. The molecule has 0 radical (unpaired) electrons. The summed E-state index contributed by atoms with van der Waals surface area (Å²) in [6.45, 7) is 2.23. The molecule has 2 aromatic heterocycles. The van der Waals surface area contributed by atoms with Crippen molar-refractivity contribution in [2.45, 2.75) is 23.9 Å². The Hall–Kier alpha value is -4.25. The van der Waals surface area contributed by atoms with Gasteiger partial charge < -0.3 is 14.4 Å². The number of aryl methyl sites for hydroxylation is 2. The van der Waals surface area contributed by atoms with Gasteiger partial charge in [0.05, 0.1) is 6.20 Å². The zero-order valence-corrected chi connectivity index (χ0v) is 28.0. The molecule has 5 rings (SSSR count). The largest absolute Gasteiger partial charge is 0.340 e. The van der Waals surface area contributed by atoms with Crippen molar-refractivity contribution in [1.29, 1.82) is 0 Å². The van der Waals surface area contributed by atoms with Crippen LogP contribution in [-0.4, -0.2) is 62.7 Å². The summed E-state index contributed by atoms with van der Waals surface area (Å²) in [6.07, 6.45) is 6.87. The van der Waals surface area contributed by atoms with Crippen LogP contribution in [0.2, 0.25) is 5.02 Å². The van der Waals surface area contributed by atoms with E-state index in [0.717, 1.165) is 52.3 Å². The van der Waals surface area contributed by atoms with Gasteiger partial charge in [0.1, 0.15) is 5.82 Å². The van der Waals surface area contributed by atoms with E-state index < -0.39 is 0 Å². The van der Waals surface area contributed by atoms with Gasteiger partial charge in [-0.15, -0.1) is 0 Å². The van der Waals surface area contributed by atoms with E-state index in [4.69, 9.17) is 11.6 Å². The molecule has 0 aliphatic heterocycles. The second-order valence-electron chi connectivity index (χ2n) is 11.2. The Morgan fingerprint density at radius 3 is 2.09 bits per heavy atom. The Balaban J connectivity index is 0.000000210. The van der Waals surface area contributed by atoms with Crippen molar-refractivity contribution < 1.29 is 9.18 Å². The number of rotatable bonds is 12. The van der Waals surface area contributed by atoms with Crippen LogP contribution >= 0.6 is 23.4 Å². The van der Waals surface area contributed by atoms with Gasteiger partial charge in [-0.1, -0.05) is 71.9 Å². The molecule has 0 atom stereocenters. The van der Waals surface area contributed by atoms with Gasteiger partial charge >= 0.3 is 0 Å². The van der Waals surface area contributed by atoms with Crippen LogP contribution in [0.1, 0.15) is 22.3 Å². The molecule has 240 valence electrons. The third kappa shape index (κ3) is 10.7. The maximum absolute atomic E-state index is 12.9. The molecule has 0 fully saturated rings. The molecule has 8 nitrogen and oxygen atoms in total. The van der Waals surface area contributed by atoms with Crippen molar-refractivity contribution in [3.63, 3.8) is 0 Å². The minimum Gasteiger partial charge on any atom is -0.340 e. The van der Waals surface area contributed by atoms with Crippen LogP contribution in [-0.2, 0) is 37.6 Å². The lowest BCUT2D eigenvalue weighted by atomic mass is 10.0. The van der Waals surface area contributed by atoms with Crippen molar-refractivity contribution in [2.24, 2.45) is 14.1 Å². The number of nitrogens with zero attached hydrogens (tertiary/aromatic N) is 6. The van der Waals surface area contributed by atoms with Crippen molar-refractivity contribution in [3.05, 3.63) is 135 Å². The number of carbonyl (C=O) groups is 1. The zero-order valence-electron chi connectivity index (χ0n) is 26.4. The molecule has 0 aliphatic carbocycles. The van der Waals surface area contributed by atoms with E-state index in [9.17, 15) is 14.0 Å². The van der Waals surface area contributed by atoms with E-state index >= 15 is 0 Å². The summed E-state index contributed by atoms with van der Waals surface area (Å²) in [5.74, 6) is 0.372. The van der Waals surface area contributed by atoms with Crippen molar-refractivity contribution >= 4 is 29.8 Å². The van der Waals surface area contributed by atoms with Crippen LogP contribution in [0.4, 0.5) is 4.39 Å². The van der Waals surface area contributed by atoms with Crippen LogP contribution in [0.3, 0.4) is 0 Å². The molecule has 3 aromatic carbocycles. The number of benzene rings is 3. The zero-order chi connectivity index (χ0) is 33.1. The number of aromatic nitrogens is 4. The van der Waals surface area contributed by atoms with Crippen LogP contribution < -0.4 is 5.56 Å². The molecule has 0 N–H and O–H groups in total. The topological polar surface area (TPSA) is 76.3 Å². The molecule has 0 spiro atoms. The SMILES string of the molecule is CN(C)CCN(C=O)Cc1ccc(-c2ccc(Cl)cc2)cc1.Cn1cc(Cc2cn(C)c(SCc3ccc(F)cc3)nc2=O)cn1. The fourth-order valence-electron chi connectivity index (χ4n) is 4.53. The van der Waals surface area contributed by atoms with Crippen LogP contribution in [0.15, 0.2) is 101 Å². The molecule has 0 unspecified atom stereocenters.